The zero-order chi connectivity index (χ0) is 53.9. The summed E-state index contributed by atoms with van der Waals surface area (Å²) in [5.74, 6) is 2.46. The Hall–Kier alpha value is -8.41. The molecule has 394 valence electrons. The normalized spacial score (nSPS) is 15.8. The first-order valence-corrected chi connectivity index (χ1v) is 27.9. The summed E-state index contributed by atoms with van der Waals surface area (Å²) in [7, 11) is -1.86. The number of methoxy groups -OCH3 is 1. The third-order valence-corrected chi connectivity index (χ3v) is 15.4. The van der Waals surface area contributed by atoms with Gasteiger partial charge in [-0.3, -0.25) is 14.4 Å². The lowest BCUT2D eigenvalue weighted by Gasteiger charge is -2.32. The van der Waals surface area contributed by atoms with Crippen LogP contribution in [0, 0.1) is 11.3 Å². The van der Waals surface area contributed by atoms with Crippen LogP contribution in [0.4, 0.5) is 0 Å². The molecule has 0 unspecified atom stereocenters. The van der Waals surface area contributed by atoms with E-state index in [0.29, 0.717) is 106 Å². The average molecular weight is 1050 g/mol. The van der Waals surface area contributed by atoms with Crippen LogP contribution in [0.15, 0.2) is 163 Å². The molecule has 3 heterocycles. The molecule has 0 atom stereocenters. The van der Waals surface area contributed by atoms with E-state index in [2.05, 4.69) is 12.6 Å². The molecule has 0 N–H and O–H groups in total. The minimum atomic E-state index is -3.51. The van der Waals surface area contributed by atoms with E-state index in [4.69, 9.17) is 18.9 Å². The van der Waals surface area contributed by atoms with E-state index in [1.165, 1.54) is 12.3 Å². The molecule has 3 saturated heterocycles. The van der Waals surface area contributed by atoms with Crippen LogP contribution in [0.1, 0.15) is 55.2 Å². The second-order valence-electron chi connectivity index (χ2n) is 19.5. The summed E-state index contributed by atoms with van der Waals surface area (Å²) in [6.45, 7) is 6.79. The predicted octanol–water partition coefficient (Wildman–Crippen LogP) is 10.7. The number of carbonyl (C=O) groups is 3. The second-order valence-corrected chi connectivity index (χ2v) is 21.6. The number of carbonyl (C=O) groups excluding carboxylic acids is 3. The van der Waals surface area contributed by atoms with Gasteiger partial charge < -0.3 is 33.6 Å². The molecule has 0 bridgehead atoms. The number of sulfone groups is 1. The Morgan fingerprint density at radius 1 is 0.532 bits per heavy atom. The summed E-state index contributed by atoms with van der Waals surface area (Å²) >= 11 is 0. The Morgan fingerprint density at radius 3 is 1.42 bits per heavy atom. The lowest BCUT2D eigenvalue weighted by Crippen LogP contribution is -2.41. The summed E-state index contributed by atoms with van der Waals surface area (Å²) in [5.41, 5.74) is 7.09. The van der Waals surface area contributed by atoms with E-state index in [1.807, 2.05) is 114 Å². The van der Waals surface area contributed by atoms with Crippen LogP contribution in [0.2, 0.25) is 0 Å². The van der Waals surface area contributed by atoms with Crippen molar-refractivity contribution in [3.8, 4) is 62.4 Å². The van der Waals surface area contributed by atoms with Crippen LogP contribution >= 0.6 is 0 Å². The number of hydrogen-bond donors (Lipinski definition) is 0. The van der Waals surface area contributed by atoms with Gasteiger partial charge in [0.25, 0.3) is 0 Å². The van der Waals surface area contributed by atoms with Gasteiger partial charge in [0, 0.05) is 96.2 Å². The minimum absolute atomic E-state index is 0.0429. The molecule has 3 amide bonds. The van der Waals surface area contributed by atoms with Crippen LogP contribution in [0.5, 0.6) is 23.0 Å². The van der Waals surface area contributed by atoms with Crippen molar-refractivity contribution >= 4 is 39.7 Å². The van der Waals surface area contributed by atoms with E-state index in [1.54, 1.807) is 65.5 Å². The summed E-state index contributed by atoms with van der Waals surface area (Å²) in [5, 5.41) is 9.67. The predicted molar refractivity (Wildman–Crippen MR) is 299 cm³/mol. The van der Waals surface area contributed by atoms with Crippen molar-refractivity contribution in [1.29, 1.82) is 5.26 Å². The van der Waals surface area contributed by atoms with E-state index in [9.17, 15) is 28.1 Å². The fraction of sp³-hybridized carbons (Fsp3) is 0.270. The topological polar surface area (TPSA) is 156 Å². The lowest BCUT2D eigenvalue weighted by atomic mass is 9.97. The molecule has 0 saturated carbocycles. The number of rotatable bonds is 16. The maximum Gasteiger partial charge on any atom is 0.246 e. The van der Waals surface area contributed by atoms with Crippen LogP contribution in [0.25, 0.3) is 45.5 Å². The Bertz CT molecular complexity index is 3360. The highest BCUT2D eigenvalue weighted by atomic mass is 32.2. The SMILES string of the molecule is C=CC(=O)N1CCC(Oc2ccc(/C=C/C(=O)N3CCC(Oc4ccc(/C=C/C(=O)N5CCC(Oc6cccc(-c7cccc(OC)c7)c6)CC5)c(-c5cccc(S(C)(=O)=O)c5)c4)CC3)c(-c3cccc(C#N)c3)c2)CC1. The summed E-state index contributed by atoms with van der Waals surface area (Å²) in [4.78, 5) is 45.1. The fourth-order valence-electron chi connectivity index (χ4n) is 10.0. The Labute approximate surface area is 451 Å². The summed E-state index contributed by atoms with van der Waals surface area (Å²) < 4.78 is 50.1. The summed E-state index contributed by atoms with van der Waals surface area (Å²) in [6.07, 6.45) is 12.9. The van der Waals surface area contributed by atoms with Crippen molar-refractivity contribution in [3.63, 3.8) is 0 Å². The lowest BCUT2D eigenvalue weighted by molar-refractivity contribution is -0.128. The van der Waals surface area contributed by atoms with Crippen LogP contribution in [-0.2, 0) is 24.2 Å². The molecule has 0 aromatic heterocycles. The van der Waals surface area contributed by atoms with Gasteiger partial charge in [-0.05, 0) is 136 Å². The average Bonchev–Trinajstić information content (AvgIpc) is 3.46. The zero-order valence-corrected chi connectivity index (χ0v) is 44.2. The first-order chi connectivity index (χ1) is 37.3. The number of nitriles is 1. The number of piperidine rings is 3. The van der Waals surface area contributed by atoms with Crippen LogP contribution < -0.4 is 18.9 Å². The van der Waals surface area contributed by atoms with E-state index >= 15 is 0 Å². The minimum Gasteiger partial charge on any atom is -0.497 e. The van der Waals surface area contributed by atoms with Crippen molar-refractivity contribution in [2.24, 2.45) is 0 Å². The smallest absolute Gasteiger partial charge is 0.246 e. The molecule has 13 nitrogen and oxygen atoms in total. The highest BCUT2D eigenvalue weighted by Gasteiger charge is 2.26. The highest BCUT2D eigenvalue weighted by molar-refractivity contribution is 7.90. The number of benzene rings is 6. The maximum absolute atomic E-state index is 13.7. The van der Waals surface area contributed by atoms with E-state index in [0.717, 1.165) is 44.9 Å². The van der Waals surface area contributed by atoms with Gasteiger partial charge in [-0.2, -0.15) is 5.26 Å². The number of ether oxygens (including phenoxy) is 4. The molecule has 0 spiro atoms. The number of amides is 3. The van der Waals surface area contributed by atoms with Gasteiger partial charge in [0.05, 0.1) is 23.6 Å². The maximum atomic E-state index is 13.7. The molecular weight excluding hydrogens is 989 g/mol. The number of likely N-dealkylation sites (tertiary alicyclic amines) is 3. The van der Waals surface area contributed by atoms with Gasteiger partial charge in [0.15, 0.2) is 9.84 Å². The molecule has 3 aliphatic heterocycles. The fourth-order valence-corrected chi connectivity index (χ4v) is 10.7. The first kappa shape index (κ1) is 53.4. The van der Waals surface area contributed by atoms with Crippen molar-refractivity contribution in [2.45, 2.75) is 61.7 Å². The molecule has 3 aliphatic rings. The van der Waals surface area contributed by atoms with Gasteiger partial charge in [-0.15, -0.1) is 0 Å². The van der Waals surface area contributed by atoms with Gasteiger partial charge in [0.1, 0.15) is 41.3 Å². The Kier molecular flexibility index (Phi) is 17.0. The van der Waals surface area contributed by atoms with Crippen LogP contribution in [-0.4, -0.2) is 112 Å². The highest BCUT2D eigenvalue weighted by Crippen LogP contribution is 2.35. The van der Waals surface area contributed by atoms with Crippen molar-refractivity contribution in [2.75, 3.05) is 52.6 Å². The molecule has 0 aliphatic carbocycles. The molecule has 6 aromatic carbocycles. The van der Waals surface area contributed by atoms with Gasteiger partial charge >= 0.3 is 0 Å². The van der Waals surface area contributed by atoms with Gasteiger partial charge in [-0.1, -0.05) is 67.2 Å². The van der Waals surface area contributed by atoms with Crippen LogP contribution in [0.3, 0.4) is 0 Å². The van der Waals surface area contributed by atoms with Gasteiger partial charge in [-0.25, -0.2) is 8.42 Å². The molecule has 9 rings (SSSR count). The Morgan fingerprint density at radius 2 is 0.948 bits per heavy atom. The molecule has 14 heteroatoms. The summed E-state index contributed by atoms with van der Waals surface area (Å²) in [6, 6.07) is 43.6. The van der Waals surface area contributed by atoms with E-state index in [-0.39, 0.29) is 40.9 Å². The van der Waals surface area contributed by atoms with E-state index < -0.39 is 9.84 Å². The standard InChI is InChI=1S/C63H62N4O9S/c1-4-61(68)65-31-25-52(26-32-65)75-56-21-17-45(59(41-56)49-12-5-9-44(37-49)43-64)19-23-62(69)67-35-29-53(30-36-67)76-57-22-18-46(60(42-57)50-13-8-16-58(40-50)77(3,71)72)20-24-63(70)66-33-27-51(28-34-66)74-55-15-7-11-48(39-55)47-10-6-14-54(38-47)73-2/h4-24,37-42,51-53H,1,25-36H2,2-3H3/b23-19+,24-20+. The number of hydrogen-bond acceptors (Lipinski definition) is 10. The third-order valence-electron chi connectivity index (χ3n) is 14.3. The molecule has 0 radical (unpaired) electrons. The molecular formula is C63H62N4O9S. The second kappa shape index (κ2) is 24.5. The quantitative estimate of drug-likeness (QED) is 0.0855. The third kappa shape index (κ3) is 13.7. The molecule has 6 aromatic rings. The van der Waals surface area contributed by atoms with Crippen molar-refractivity contribution < 1.29 is 41.7 Å². The zero-order valence-electron chi connectivity index (χ0n) is 43.4. The molecule has 3 fully saturated rings. The Balaban J connectivity index is 0.830. The number of nitrogens with zero attached hydrogens (tertiary/aromatic N) is 4. The van der Waals surface area contributed by atoms with Crippen molar-refractivity contribution in [1.82, 2.24) is 14.7 Å². The molecule has 77 heavy (non-hydrogen) atoms. The first-order valence-electron chi connectivity index (χ1n) is 26.0. The monoisotopic (exact) mass is 1050 g/mol. The van der Waals surface area contributed by atoms with Crippen molar-refractivity contribution in [3.05, 3.63) is 175 Å². The van der Waals surface area contributed by atoms with Gasteiger partial charge in [0.2, 0.25) is 17.7 Å². The largest absolute Gasteiger partial charge is 0.497 e.